The highest BCUT2D eigenvalue weighted by Crippen LogP contribution is 2.28. The lowest BCUT2D eigenvalue weighted by Crippen LogP contribution is -2.60. The summed E-state index contributed by atoms with van der Waals surface area (Å²) in [5, 5.41) is 0. The largest absolute Gasteiger partial charge is 0.391 e. The summed E-state index contributed by atoms with van der Waals surface area (Å²) in [6.45, 7) is 0.274. The van der Waals surface area contributed by atoms with Gasteiger partial charge in [-0.1, -0.05) is 12.8 Å². The Labute approximate surface area is 127 Å². The molecule has 8 heteroatoms. The van der Waals surface area contributed by atoms with Crippen molar-refractivity contribution in [2.24, 2.45) is 0 Å². The zero-order valence-corrected chi connectivity index (χ0v) is 12.2. The smallest absolute Gasteiger partial charge is 0.327 e. The molecule has 0 unspecified atom stereocenters. The average molecular weight is 310 g/mol. The summed E-state index contributed by atoms with van der Waals surface area (Å²) in [6.07, 6.45) is 3.64. The SMILES string of the molecule is O=C1CN([C@@H]2CCCC[C@H]2N2CC(=O)OC(=O)C2)CC(=O)O1. The molecule has 0 aromatic carbocycles. The van der Waals surface area contributed by atoms with Crippen LogP contribution in [-0.2, 0) is 28.7 Å². The minimum atomic E-state index is -0.547. The molecule has 1 aliphatic carbocycles. The van der Waals surface area contributed by atoms with E-state index in [0.717, 1.165) is 25.7 Å². The summed E-state index contributed by atoms with van der Waals surface area (Å²) in [4.78, 5) is 49.6. The van der Waals surface area contributed by atoms with Crippen molar-refractivity contribution in [3.05, 3.63) is 0 Å². The van der Waals surface area contributed by atoms with Crippen molar-refractivity contribution < 1.29 is 28.7 Å². The number of rotatable bonds is 2. The topological polar surface area (TPSA) is 93.2 Å². The summed E-state index contributed by atoms with van der Waals surface area (Å²) in [7, 11) is 0. The molecule has 2 aliphatic heterocycles. The van der Waals surface area contributed by atoms with Gasteiger partial charge in [-0.25, -0.2) is 0 Å². The Morgan fingerprint density at radius 2 is 0.955 bits per heavy atom. The standard InChI is InChI=1S/C14H18N2O6/c17-11-5-15(6-12(18)21-11)9-3-1-2-4-10(9)16-7-13(19)22-14(20)8-16/h9-10H,1-8H2/t9-,10-/m1/s1. The van der Waals surface area contributed by atoms with E-state index in [9.17, 15) is 19.2 Å². The maximum Gasteiger partial charge on any atom is 0.327 e. The van der Waals surface area contributed by atoms with Crippen molar-refractivity contribution in [3.8, 4) is 0 Å². The van der Waals surface area contributed by atoms with E-state index in [-0.39, 0.29) is 38.3 Å². The van der Waals surface area contributed by atoms with E-state index in [1.165, 1.54) is 0 Å². The monoisotopic (exact) mass is 310 g/mol. The molecule has 2 heterocycles. The van der Waals surface area contributed by atoms with Gasteiger partial charge in [0.05, 0.1) is 26.2 Å². The van der Waals surface area contributed by atoms with Gasteiger partial charge in [-0.2, -0.15) is 0 Å². The molecule has 0 spiro atoms. The number of nitrogens with zero attached hydrogens (tertiary/aromatic N) is 2. The summed E-state index contributed by atoms with van der Waals surface area (Å²) >= 11 is 0. The highest BCUT2D eigenvalue weighted by molar-refractivity contribution is 5.91. The molecule has 3 fully saturated rings. The Bertz CT molecular complexity index is 441. The van der Waals surface area contributed by atoms with E-state index in [1.807, 2.05) is 9.80 Å². The van der Waals surface area contributed by atoms with Crippen LogP contribution in [0.5, 0.6) is 0 Å². The first-order valence-corrected chi connectivity index (χ1v) is 7.48. The fourth-order valence-electron chi connectivity index (χ4n) is 3.57. The fourth-order valence-corrected chi connectivity index (χ4v) is 3.57. The number of esters is 4. The first-order chi connectivity index (χ1) is 10.5. The van der Waals surface area contributed by atoms with Crippen LogP contribution in [0.4, 0.5) is 0 Å². The van der Waals surface area contributed by atoms with Crippen molar-refractivity contribution >= 4 is 23.9 Å². The minimum Gasteiger partial charge on any atom is -0.391 e. The average Bonchev–Trinajstić information content (AvgIpc) is 2.45. The minimum absolute atomic E-state index is 0.0377. The van der Waals surface area contributed by atoms with Gasteiger partial charge in [0, 0.05) is 12.1 Å². The Morgan fingerprint density at radius 1 is 0.636 bits per heavy atom. The third-order valence-electron chi connectivity index (χ3n) is 4.42. The molecule has 0 bridgehead atoms. The molecule has 0 amide bonds. The third-order valence-corrected chi connectivity index (χ3v) is 4.42. The number of carbonyl (C=O) groups is 4. The zero-order valence-electron chi connectivity index (χ0n) is 12.2. The van der Waals surface area contributed by atoms with Crippen LogP contribution in [0.15, 0.2) is 0 Å². The molecule has 0 aromatic rings. The van der Waals surface area contributed by atoms with E-state index in [1.54, 1.807) is 0 Å². The summed E-state index contributed by atoms with van der Waals surface area (Å²) in [6, 6.07) is -0.0755. The molecule has 120 valence electrons. The lowest BCUT2D eigenvalue weighted by molar-refractivity contribution is -0.174. The Hall–Kier alpha value is -1.80. The maximum absolute atomic E-state index is 11.5. The number of carbonyl (C=O) groups excluding carboxylic acids is 4. The maximum atomic E-state index is 11.5. The molecule has 3 rings (SSSR count). The normalized spacial score (nSPS) is 31.8. The Kier molecular flexibility index (Phi) is 4.21. The molecule has 0 N–H and O–H groups in total. The molecular formula is C14H18N2O6. The lowest BCUT2D eigenvalue weighted by atomic mass is 9.87. The quantitative estimate of drug-likeness (QED) is 0.477. The van der Waals surface area contributed by atoms with Crippen LogP contribution in [0.3, 0.4) is 0 Å². The van der Waals surface area contributed by atoms with Gasteiger partial charge in [-0.3, -0.25) is 29.0 Å². The van der Waals surface area contributed by atoms with Crippen LogP contribution in [0.1, 0.15) is 25.7 Å². The van der Waals surface area contributed by atoms with Gasteiger partial charge in [0.2, 0.25) is 0 Å². The van der Waals surface area contributed by atoms with E-state index < -0.39 is 23.9 Å². The van der Waals surface area contributed by atoms with Gasteiger partial charge in [-0.05, 0) is 12.8 Å². The molecule has 2 saturated heterocycles. The molecule has 1 saturated carbocycles. The number of hydrogen-bond acceptors (Lipinski definition) is 8. The van der Waals surface area contributed by atoms with Crippen LogP contribution in [-0.4, -0.2) is 71.9 Å². The van der Waals surface area contributed by atoms with Gasteiger partial charge in [-0.15, -0.1) is 0 Å². The third kappa shape index (κ3) is 3.17. The van der Waals surface area contributed by atoms with Crippen molar-refractivity contribution in [2.75, 3.05) is 26.2 Å². The van der Waals surface area contributed by atoms with E-state index in [2.05, 4.69) is 9.47 Å². The van der Waals surface area contributed by atoms with Crippen molar-refractivity contribution in [3.63, 3.8) is 0 Å². The number of hydrogen-bond donors (Lipinski definition) is 0. The predicted octanol–water partition coefficient (Wildman–Crippen LogP) is -0.932. The molecule has 0 aromatic heterocycles. The molecule has 22 heavy (non-hydrogen) atoms. The van der Waals surface area contributed by atoms with Crippen molar-refractivity contribution in [2.45, 2.75) is 37.8 Å². The summed E-state index contributed by atoms with van der Waals surface area (Å²) < 4.78 is 9.12. The van der Waals surface area contributed by atoms with Crippen LogP contribution in [0.25, 0.3) is 0 Å². The molecule has 3 aliphatic rings. The number of morpholine rings is 2. The van der Waals surface area contributed by atoms with Crippen LogP contribution < -0.4 is 0 Å². The molecule has 0 radical (unpaired) electrons. The van der Waals surface area contributed by atoms with Gasteiger partial charge in [0.25, 0.3) is 0 Å². The van der Waals surface area contributed by atoms with Crippen LogP contribution in [0, 0.1) is 0 Å². The second-order valence-corrected chi connectivity index (χ2v) is 5.92. The molecule has 2 atom stereocenters. The Morgan fingerprint density at radius 3 is 1.27 bits per heavy atom. The molecular weight excluding hydrogens is 292 g/mol. The van der Waals surface area contributed by atoms with Crippen LogP contribution in [0.2, 0.25) is 0 Å². The fraction of sp³-hybridized carbons (Fsp3) is 0.714. The first kappa shape index (κ1) is 15.1. The highest BCUT2D eigenvalue weighted by Gasteiger charge is 2.41. The second-order valence-electron chi connectivity index (χ2n) is 5.92. The highest BCUT2D eigenvalue weighted by atomic mass is 16.6. The number of cyclic esters (lactones) is 4. The van der Waals surface area contributed by atoms with Crippen LogP contribution >= 0.6 is 0 Å². The van der Waals surface area contributed by atoms with E-state index >= 15 is 0 Å². The number of ether oxygens (including phenoxy) is 2. The van der Waals surface area contributed by atoms with E-state index in [4.69, 9.17) is 0 Å². The zero-order chi connectivity index (χ0) is 15.7. The van der Waals surface area contributed by atoms with Gasteiger partial charge < -0.3 is 9.47 Å². The Balaban J connectivity index is 1.76. The predicted molar refractivity (Wildman–Crippen MR) is 71.4 cm³/mol. The van der Waals surface area contributed by atoms with Gasteiger partial charge >= 0.3 is 23.9 Å². The van der Waals surface area contributed by atoms with E-state index in [0.29, 0.717) is 0 Å². The first-order valence-electron chi connectivity index (χ1n) is 7.48. The molecule has 8 nitrogen and oxygen atoms in total. The van der Waals surface area contributed by atoms with Crippen molar-refractivity contribution in [1.29, 1.82) is 0 Å². The summed E-state index contributed by atoms with van der Waals surface area (Å²) in [5.74, 6) is -2.19. The lowest BCUT2D eigenvalue weighted by Gasteiger charge is -2.45. The summed E-state index contributed by atoms with van der Waals surface area (Å²) in [5.41, 5.74) is 0. The van der Waals surface area contributed by atoms with Crippen molar-refractivity contribution in [1.82, 2.24) is 9.80 Å². The van der Waals surface area contributed by atoms with Gasteiger partial charge in [0.15, 0.2) is 0 Å². The van der Waals surface area contributed by atoms with Gasteiger partial charge in [0.1, 0.15) is 0 Å². The second kappa shape index (κ2) is 6.13.